The van der Waals surface area contributed by atoms with Crippen molar-refractivity contribution in [1.29, 1.82) is 0 Å². The lowest BCUT2D eigenvalue weighted by molar-refractivity contribution is -0.521. The number of amides is 3. The molecule has 0 saturated carbocycles. The number of aliphatic imine (C=N–C) groups is 1. The highest BCUT2D eigenvalue weighted by Gasteiger charge is 2.76. The molecule has 2 saturated heterocycles. The summed E-state index contributed by atoms with van der Waals surface area (Å²) >= 11 is 0. The highest BCUT2D eigenvalue weighted by atomic mass is 19.1. The van der Waals surface area contributed by atoms with Crippen molar-refractivity contribution in [1.82, 2.24) is 20.4 Å². The Balaban J connectivity index is 0.00000304. The van der Waals surface area contributed by atoms with Gasteiger partial charge in [-0.2, -0.15) is 0 Å². The van der Waals surface area contributed by atoms with Crippen molar-refractivity contribution in [2.45, 2.75) is 49.8 Å². The third kappa shape index (κ3) is 3.45. The van der Waals surface area contributed by atoms with Gasteiger partial charge in [-0.05, 0) is 18.2 Å². The number of nitrogens with one attached hydrogen (secondary N) is 3. The summed E-state index contributed by atoms with van der Waals surface area (Å²) in [7, 11) is 0. The first-order valence-electron chi connectivity index (χ1n) is 10.8. The van der Waals surface area contributed by atoms with Crippen molar-refractivity contribution in [3.63, 3.8) is 0 Å². The van der Waals surface area contributed by atoms with Crippen LogP contribution >= 0.6 is 0 Å². The van der Waals surface area contributed by atoms with Gasteiger partial charge in [-0.15, -0.1) is 0 Å². The molecule has 36 heavy (non-hydrogen) atoms. The lowest BCUT2D eigenvalue weighted by Crippen LogP contribution is -2.90. The van der Waals surface area contributed by atoms with Crippen LogP contribution in [-0.2, 0) is 9.59 Å². The monoisotopic (exact) mass is 509 g/mol. The summed E-state index contributed by atoms with van der Waals surface area (Å²) in [5.74, 6) is -6.75. The van der Waals surface area contributed by atoms with Gasteiger partial charge >= 0.3 is 5.96 Å². The molecule has 4 atom stereocenters. The fraction of sp³-hybridized carbons (Fsp3) is 0.476. The molecule has 5 rings (SSSR count). The van der Waals surface area contributed by atoms with Gasteiger partial charge in [0.15, 0.2) is 12.0 Å². The number of aliphatic hydroxyl groups is 2. The molecule has 13 nitrogen and oxygen atoms in total. The fourth-order valence-corrected chi connectivity index (χ4v) is 5.24. The standard InChI is InChI=1S/C20H22F2N8O5.CH4/c21-8-1-2-10(22)9(5-8)16(33)26-12-7-30-18(24)25-11(6-29-13(31)3-4-14(29)32)15-19(30,20(12,34)35)28-17(23)27-15;/h1-2,5,11-12,15,34-35H,3-4,6-7H2,(H2,24,25)(H,26,33)(H3,23,27,28);1H4/p+1/t11-,12-,15-,19-;/m0./s1. The molecule has 4 aliphatic rings. The molecule has 0 bridgehead atoms. The third-order valence-electron chi connectivity index (χ3n) is 6.89. The number of benzene rings is 1. The highest BCUT2D eigenvalue weighted by molar-refractivity contribution is 6.02. The van der Waals surface area contributed by atoms with Gasteiger partial charge in [0, 0.05) is 12.8 Å². The minimum atomic E-state index is -2.79. The number of nitrogens with zero attached hydrogens (tertiary/aromatic N) is 3. The van der Waals surface area contributed by atoms with Crippen LogP contribution in [0.5, 0.6) is 0 Å². The molecule has 0 unspecified atom stereocenters. The average Bonchev–Trinajstić information content (AvgIpc) is 3.38. The van der Waals surface area contributed by atoms with Gasteiger partial charge in [-0.3, -0.25) is 34.9 Å². The summed E-state index contributed by atoms with van der Waals surface area (Å²) in [5.41, 5.74) is 9.58. The summed E-state index contributed by atoms with van der Waals surface area (Å²) in [4.78, 5) is 46.5. The lowest BCUT2D eigenvalue weighted by atomic mass is 9.84. The van der Waals surface area contributed by atoms with Crippen LogP contribution in [0.1, 0.15) is 30.6 Å². The Morgan fingerprint density at radius 3 is 2.58 bits per heavy atom. The molecular formula is C21H27F2N8O5+. The molecule has 4 heterocycles. The second kappa shape index (κ2) is 8.37. The maximum absolute atomic E-state index is 14.1. The third-order valence-corrected chi connectivity index (χ3v) is 6.89. The van der Waals surface area contributed by atoms with Crippen LogP contribution in [-0.4, -0.2) is 92.3 Å². The normalized spacial score (nSPS) is 30.2. The lowest BCUT2D eigenvalue weighted by Gasteiger charge is -2.46. The van der Waals surface area contributed by atoms with Gasteiger partial charge in [-0.25, -0.2) is 19.1 Å². The summed E-state index contributed by atoms with van der Waals surface area (Å²) in [6, 6.07) is -1.12. The van der Waals surface area contributed by atoms with Crippen molar-refractivity contribution >= 4 is 29.6 Å². The number of nitrogens with two attached hydrogens (primary N) is 2. The van der Waals surface area contributed by atoms with Crippen LogP contribution in [0, 0.1) is 11.6 Å². The van der Waals surface area contributed by atoms with Crippen LogP contribution < -0.4 is 27.1 Å². The zero-order valence-electron chi connectivity index (χ0n) is 18.2. The van der Waals surface area contributed by atoms with Crippen LogP contribution in [0.25, 0.3) is 0 Å². The molecular weight excluding hydrogens is 482 g/mol. The maximum atomic E-state index is 14.1. The Kier molecular flexibility index (Phi) is 5.87. The van der Waals surface area contributed by atoms with Gasteiger partial charge in [-0.1, -0.05) is 7.43 Å². The maximum Gasteiger partial charge on any atom is 0.343 e. The topological polar surface area (TPSA) is 201 Å². The quantitative estimate of drug-likeness (QED) is 0.155. The van der Waals surface area contributed by atoms with Crippen molar-refractivity contribution in [2.75, 3.05) is 13.1 Å². The zero-order chi connectivity index (χ0) is 25.3. The first-order chi connectivity index (χ1) is 16.5. The fourth-order valence-electron chi connectivity index (χ4n) is 5.24. The predicted octanol–water partition coefficient (Wildman–Crippen LogP) is -4.39. The van der Waals surface area contributed by atoms with Crippen LogP contribution in [0.2, 0.25) is 0 Å². The van der Waals surface area contributed by atoms with E-state index in [1.807, 2.05) is 0 Å². The van der Waals surface area contributed by atoms with E-state index in [0.717, 1.165) is 17.0 Å². The van der Waals surface area contributed by atoms with Gasteiger partial charge in [0.1, 0.15) is 23.7 Å². The van der Waals surface area contributed by atoms with Gasteiger partial charge in [0.2, 0.25) is 17.6 Å². The van der Waals surface area contributed by atoms with Crippen molar-refractivity contribution < 1.29 is 38.4 Å². The second-order valence-electron chi connectivity index (χ2n) is 8.87. The second-order valence-corrected chi connectivity index (χ2v) is 8.87. The van der Waals surface area contributed by atoms with E-state index in [-0.39, 0.29) is 45.3 Å². The highest BCUT2D eigenvalue weighted by Crippen LogP contribution is 2.41. The molecule has 1 aromatic rings. The number of likely N-dealkylation sites (tertiary alicyclic amines) is 1. The molecule has 0 radical (unpaired) electrons. The van der Waals surface area contributed by atoms with Crippen LogP contribution in [0.4, 0.5) is 8.78 Å². The van der Waals surface area contributed by atoms with Crippen molar-refractivity contribution in [2.24, 2.45) is 16.5 Å². The van der Waals surface area contributed by atoms with Gasteiger partial charge in [0.05, 0.1) is 18.7 Å². The number of carbonyl (C=O) groups is 3. The number of hydrogen-bond acceptors (Lipinski definition) is 10. The summed E-state index contributed by atoms with van der Waals surface area (Å²) < 4.78 is 27.7. The van der Waals surface area contributed by atoms with E-state index in [1.165, 1.54) is 4.90 Å². The zero-order valence-corrected chi connectivity index (χ0v) is 18.2. The van der Waals surface area contributed by atoms with E-state index in [1.54, 1.807) is 0 Å². The predicted molar refractivity (Wildman–Crippen MR) is 119 cm³/mol. The summed E-state index contributed by atoms with van der Waals surface area (Å²) in [6.45, 7) is -0.486. The van der Waals surface area contributed by atoms with Crippen molar-refractivity contribution in [3.8, 4) is 0 Å². The summed E-state index contributed by atoms with van der Waals surface area (Å²) in [6.07, 6.45) is 0.114. The number of imide groups is 1. The van der Waals surface area contributed by atoms with E-state index in [2.05, 4.69) is 20.6 Å². The first kappa shape index (κ1) is 25.2. The molecule has 4 aliphatic heterocycles. The minimum Gasteiger partial charge on any atom is -0.370 e. The van der Waals surface area contributed by atoms with E-state index in [9.17, 15) is 33.4 Å². The Hall–Kier alpha value is -3.85. The molecule has 3 amide bonds. The largest absolute Gasteiger partial charge is 0.370 e. The van der Waals surface area contributed by atoms with E-state index in [4.69, 9.17) is 11.5 Å². The molecule has 1 aromatic carbocycles. The molecule has 9 N–H and O–H groups in total. The molecule has 194 valence electrons. The van der Waals surface area contributed by atoms with Crippen LogP contribution in [0.3, 0.4) is 0 Å². The SMILES string of the molecule is C.NC1=N[C@@H](CN2C(=O)CCC2=O)[C@@H]2[NH+]=C(N)N[C@]23N1C[C@H](NC(=O)c1cc(F)ccc1F)C3(O)O. The summed E-state index contributed by atoms with van der Waals surface area (Å²) in [5, 5.41) is 27.8. The number of halogens is 2. The number of hydrogen-bond donors (Lipinski definition) is 7. The molecule has 1 spiro atoms. The minimum absolute atomic E-state index is 0. The van der Waals surface area contributed by atoms with E-state index >= 15 is 0 Å². The average molecular weight is 509 g/mol. The Bertz CT molecular complexity index is 1190. The van der Waals surface area contributed by atoms with Gasteiger partial charge < -0.3 is 21.3 Å². The number of guanidine groups is 2. The molecule has 0 aromatic heterocycles. The molecule has 15 heteroatoms. The Morgan fingerprint density at radius 1 is 1.25 bits per heavy atom. The van der Waals surface area contributed by atoms with Crippen LogP contribution in [0.15, 0.2) is 23.2 Å². The van der Waals surface area contributed by atoms with E-state index in [0.29, 0.717) is 6.07 Å². The first-order valence-corrected chi connectivity index (χ1v) is 10.8. The Morgan fingerprint density at radius 2 is 1.92 bits per heavy atom. The smallest absolute Gasteiger partial charge is 0.343 e. The van der Waals surface area contributed by atoms with Gasteiger partial charge in [0.25, 0.3) is 11.6 Å². The Labute approximate surface area is 203 Å². The molecule has 2 fully saturated rings. The number of carbonyl (C=O) groups excluding carboxylic acids is 3. The number of rotatable bonds is 4. The van der Waals surface area contributed by atoms with Crippen molar-refractivity contribution in [3.05, 3.63) is 35.4 Å². The molecule has 0 aliphatic carbocycles. The van der Waals surface area contributed by atoms with E-state index < -0.39 is 64.5 Å².